The Labute approximate surface area is 265 Å². The Kier molecular flexibility index (Phi) is 6.10. The molecule has 4 heteroatoms. The average Bonchev–Trinajstić information content (AvgIpc) is 3.72. The largest absolute Gasteiger partial charge is 0.436 e. The summed E-state index contributed by atoms with van der Waals surface area (Å²) in [5.74, 6) is 0.612. The molecule has 0 fully saturated rings. The van der Waals surface area contributed by atoms with Gasteiger partial charge in [-0.2, -0.15) is 0 Å². The molecule has 0 radical (unpaired) electrons. The first-order valence-corrected chi connectivity index (χ1v) is 15.4. The number of pyridine rings is 1. The molecule has 0 N–H and O–H groups in total. The highest BCUT2D eigenvalue weighted by Crippen LogP contribution is 2.38. The molecule has 4 nitrogen and oxygen atoms in total. The maximum Gasteiger partial charge on any atom is 0.227 e. The summed E-state index contributed by atoms with van der Waals surface area (Å²) in [7, 11) is 0. The lowest BCUT2D eigenvalue weighted by molar-refractivity contribution is 0.620. The summed E-state index contributed by atoms with van der Waals surface area (Å²) in [6, 6.07) is 55.1. The van der Waals surface area contributed by atoms with Crippen LogP contribution in [-0.4, -0.2) is 14.5 Å². The molecule has 3 aromatic heterocycles. The van der Waals surface area contributed by atoms with Crippen LogP contribution in [0.5, 0.6) is 0 Å². The molecule has 0 aliphatic rings. The zero-order valence-electron chi connectivity index (χ0n) is 24.8. The van der Waals surface area contributed by atoms with E-state index in [-0.39, 0.29) is 0 Å². The number of fused-ring (bicyclic) bond motifs is 4. The van der Waals surface area contributed by atoms with Gasteiger partial charge in [0.2, 0.25) is 5.89 Å². The summed E-state index contributed by atoms with van der Waals surface area (Å²) in [6.07, 6.45) is 1.85. The van der Waals surface area contributed by atoms with E-state index in [0.29, 0.717) is 5.89 Å². The van der Waals surface area contributed by atoms with E-state index < -0.39 is 0 Å². The lowest BCUT2D eigenvalue weighted by Gasteiger charge is -2.14. The number of aromatic nitrogens is 3. The van der Waals surface area contributed by atoms with Gasteiger partial charge < -0.3 is 8.98 Å². The van der Waals surface area contributed by atoms with Gasteiger partial charge >= 0.3 is 0 Å². The fourth-order valence-corrected chi connectivity index (χ4v) is 6.45. The summed E-state index contributed by atoms with van der Waals surface area (Å²) in [5.41, 5.74) is 12.5. The lowest BCUT2D eigenvalue weighted by atomic mass is 9.97. The van der Waals surface area contributed by atoms with E-state index in [1.165, 1.54) is 21.9 Å². The Morgan fingerprint density at radius 2 is 1.13 bits per heavy atom. The Hall–Kier alpha value is -6.26. The molecule has 0 aliphatic heterocycles. The van der Waals surface area contributed by atoms with Gasteiger partial charge in [0.05, 0.1) is 16.7 Å². The van der Waals surface area contributed by atoms with Crippen LogP contribution in [0.25, 0.3) is 83.6 Å². The molecule has 0 unspecified atom stereocenters. The van der Waals surface area contributed by atoms with E-state index >= 15 is 0 Å². The molecule has 46 heavy (non-hydrogen) atoms. The van der Waals surface area contributed by atoms with Crippen LogP contribution in [0.3, 0.4) is 0 Å². The van der Waals surface area contributed by atoms with E-state index in [0.717, 1.165) is 55.8 Å². The highest BCUT2D eigenvalue weighted by atomic mass is 16.3. The maximum atomic E-state index is 6.19. The van der Waals surface area contributed by atoms with Crippen LogP contribution in [-0.2, 0) is 0 Å². The van der Waals surface area contributed by atoms with Crippen molar-refractivity contribution >= 4 is 32.9 Å². The van der Waals surface area contributed by atoms with Crippen LogP contribution in [0.1, 0.15) is 0 Å². The molecule has 216 valence electrons. The fraction of sp³-hybridized carbons (Fsp3) is 0. The summed E-state index contributed by atoms with van der Waals surface area (Å²) in [4.78, 5) is 9.53. The van der Waals surface area contributed by atoms with Crippen molar-refractivity contribution in [2.45, 2.75) is 0 Å². The molecule has 0 amide bonds. The molecule has 0 atom stereocenters. The van der Waals surface area contributed by atoms with Crippen LogP contribution in [0.2, 0.25) is 0 Å². The predicted molar refractivity (Wildman–Crippen MR) is 188 cm³/mol. The van der Waals surface area contributed by atoms with Gasteiger partial charge in [0, 0.05) is 33.8 Å². The average molecular weight is 590 g/mol. The third-order valence-electron chi connectivity index (χ3n) is 8.68. The maximum absolute atomic E-state index is 6.19. The predicted octanol–water partition coefficient (Wildman–Crippen LogP) is 11.0. The molecule has 0 aliphatic carbocycles. The molecule has 6 aromatic carbocycles. The molecule has 9 aromatic rings. The minimum atomic E-state index is 0.612. The van der Waals surface area contributed by atoms with Crippen LogP contribution < -0.4 is 0 Å². The second-order valence-electron chi connectivity index (χ2n) is 11.5. The first-order chi connectivity index (χ1) is 22.8. The van der Waals surface area contributed by atoms with E-state index in [2.05, 4.69) is 120 Å². The SMILES string of the molecule is c1ccc(-c2ccc(-c3cc(-c4ccccn4)cc(-n4c5ccccc5c5ccc(-c6nc7ccccc7o6)cc54)c3)cc2)cc1. The van der Waals surface area contributed by atoms with Crippen LogP contribution >= 0.6 is 0 Å². The van der Waals surface area contributed by atoms with Crippen molar-refractivity contribution in [1.29, 1.82) is 0 Å². The monoisotopic (exact) mass is 589 g/mol. The Bertz CT molecular complexity index is 2480. The van der Waals surface area contributed by atoms with Gasteiger partial charge in [0.15, 0.2) is 5.58 Å². The van der Waals surface area contributed by atoms with Gasteiger partial charge in [-0.15, -0.1) is 0 Å². The van der Waals surface area contributed by atoms with Crippen molar-refractivity contribution in [1.82, 2.24) is 14.5 Å². The molecule has 0 spiro atoms. The quantitative estimate of drug-likeness (QED) is 0.201. The number of hydrogen-bond acceptors (Lipinski definition) is 3. The van der Waals surface area contributed by atoms with Crippen molar-refractivity contribution in [3.63, 3.8) is 0 Å². The first-order valence-electron chi connectivity index (χ1n) is 15.4. The van der Waals surface area contributed by atoms with Crippen LogP contribution in [0.15, 0.2) is 168 Å². The van der Waals surface area contributed by atoms with Gasteiger partial charge in [-0.25, -0.2) is 4.98 Å². The van der Waals surface area contributed by atoms with Gasteiger partial charge in [0.25, 0.3) is 0 Å². The van der Waals surface area contributed by atoms with E-state index in [9.17, 15) is 0 Å². The number of hydrogen-bond donors (Lipinski definition) is 0. The standard InChI is InChI=1S/C42H27N3O/c1-2-10-28(11-3-1)29-17-19-30(20-18-29)32-24-33(37-13-8-9-23-43-37)26-34(25-32)45-39-15-6-4-12-35(39)36-22-21-31(27-40(36)45)42-44-38-14-5-7-16-41(38)46-42/h1-27H. The molecular formula is C42H27N3O. The molecular weight excluding hydrogens is 562 g/mol. The van der Waals surface area contributed by atoms with Gasteiger partial charge in [0.1, 0.15) is 5.52 Å². The summed E-state index contributed by atoms with van der Waals surface area (Å²) in [5, 5.41) is 2.37. The minimum Gasteiger partial charge on any atom is -0.436 e. The minimum absolute atomic E-state index is 0.612. The topological polar surface area (TPSA) is 43.9 Å². The highest BCUT2D eigenvalue weighted by molar-refractivity contribution is 6.10. The van der Waals surface area contributed by atoms with Crippen LogP contribution in [0.4, 0.5) is 0 Å². The second kappa shape index (κ2) is 10.7. The van der Waals surface area contributed by atoms with Crippen molar-refractivity contribution in [3.8, 4) is 50.7 Å². The smallest absolute Gasteiger partial charge is 0.227 e. The van der Waals surface area contributed by atoms with Gasteiger partial charge in [-0.05, 0) is 82.9 Å². The number of nitrogens with zero attached hydrogens (tertiary/aromatic N) is 3. The van der Waals surface area contributed by atoms with E-state index in [1.807, 2.05) is 48.7 Å². The van der Waals surface area contributed by atoms with Crippen molar-refractivity contribution in [2.24, 2.45) is 0 Å². The number of rotatable bonds is 5. The first kappa shape index (κ1) is 26.2. The molecule has 0 saturated heterocycles. The van der Waals surface area contributed by atoms with Gasteiger partial charge in [-0.1, -0.05) is 97.1 Å². The zero-order chi connectivity index (χ0) is 30.5. The third kappa shape index (κ3) is 4.47. The number of para-hydroxylation sites is 3. The molecule has 0 bridgehead atoms. The Balaban J connectivity index is 1.26. The van der Waals surface area contributed by atoms with E-state index in [4.69, 9.17) is 14.4 Å². The fourth-order valence-electron chi connectivity index (χ4n) is 6.45. The zero-order valence-corrected chi connectivity index (χ0v) is 24.8. The third-order valence-corrected chi connectivity index (χ3v) is 8.68. The summed E-state index contributed by atoms with van der Waals surface area (Å²) in [6.45, 7) is 0. The number of oxazole rings is 1. The van der Waals surface area contributed by atoms with Crippen LogP contribution in [0, 0.1) is 0 Å². The number of benzene rings is 6. The molecule has 0 saturated carbocycles. The van der Waals surface area contributed by atoms with Crippen molar-refractivity contribution < 1.29 is 4.42 Å². The summed E-state index contributed by atoms with van der Waals surface area (Å²) >= 11 is 0. The van der Waals surface area contributed by atoms with Crippen molar-refractivity contribution in [2.75, 3.05) is 0 Å². The highest BCUT2D eigenvalue weighted by Gasteiger charge is 2.17. The second-order valence-corrected chi connectivity index (χ2v) is 11.5. The lowest BCUT2D eigenvalue weighted by Crippen LogP contribution is -1.96. The van der Waals surface area contributed by atoms with Crippen molar-refractivity contribution in [3.05, 3.63) is 164 Å². The Morgan fingerprint density at radius 1 is 0.457 bits per heavy atom. The Morgan fingerprint density at radius 3 is 1.96 bits per heavy atom. The van der Waals surface area contributed by atoms with Gasteiger partial charge in [-0.3, -0.25) is 4.98 Å². The molecule has 9 rings (SSSR count). The van der Waals surface area contributed by atoms with E-state index in [1.54, 1.807) is 0 Å². The summed E-state index contributed by atoms with van der Waals surface area (Å²) < 4.78 is 8.54. The molecule has 3 heterocycles. The normalized spacial score (nSPS) is 11.5.